The molecule has 2 aliphatic heterocycles. The third kappa shape index (κ3) is 3.55. The molecular weight excluding hydrogens is 252 g/mol. The van der Waals surface area contributed by atoms with Gasteiger partial charge in [-0.3, -0.25) is 0 Å². The summed E-state index contributed by atoms with van der Waals surface area (Å²) in [6.45, 7) is 2.47. The van der Waals surface area contributed by atoms with Gasteiger partial charge in [-0.2, -0.15) is 0 Å². The van der Waals surface area contributed by atoms with Gasteiger partial charge in [0.15, 0.2) is 0 Å². The molecule has 3 heteroatoms. The molecule has 3 rings (SSSR count). The van der Waals surface area contributed by atoms with Gasteiger partial charge in [-0.25, -0.2) is 0 Å². The summed E-state index contributed by atoms with van der Waals surface area (Å²) < 4.78 is 11.5. The van der Waals surface area contributed by atoms with Gasteiger partial charge < -0.3 is 14.6 Å². The van der Waals surface area contributed by atoms with Gasteiger partial charge in [-0.05, 0) is 50.4 Å². The van der Waals surface area contributed by atoms with Crippen LogP contribution in [0, 0.1) is 11.8 Å². The van der Waals surface area contributed by atoms with Crippen LogP contribution in [-0.4, -0.2) is 36.6 Å². The molecule has 116 valence electrons. The molecule has 1 spiro atoms. The van der Waals surface area contributed by atoms with Crippen molar-refractivity contribution in [3.8, 4) is 0 Å². The molecule has 20 heavy (non-hydrogen) atoms. The van der Waals surface area contributed by atoms with Crippen LogP contribution in [0.4, 0.5) is 0 Å². The summed E-state index contributed by atoms with van der Waals surface area (Å²) in [5.41, 5.74) is 0.0233. The molecule has 0 aromatic carbocycles. The fourth-order valence-electron chi connectivity index (χ4n) is 4.43. The van der Waals surface area contributed by atoms with Crippen LogP contribution in [0.2, 0.25) is 0 Å². The monoisotopic (exact) mass is 282 g/mol. The summed E-state index contributed by atoms with van der Waals surface area (Å²) >= 11 is 0. The smallest absolute Gasteiger partial charge is 0.0730 e. The van der Waals surface area contributed by atoms with Crippen molar-refractivity contribution < 1.29 is 14.6 Å². The number of aliphatic hydroxyl groups is 1. The predicted octanol–water partition coefficient (Wildman–Crippen LogP) is 3.29. The third-order valence-electron chi connectivity index (χ3n) is 5.82. The van der Waals surface area contributed by atoms with Gasteiger partial charge in [0, 0.05) is 19.8 Å². The Hall–Kier alpha value is -0.120. The maximum Gasteiger partial charge on any atom is 0.0730 e. The molecule has 3 nitrogen and oxygen atoms in total. The Bertz CT molecular complexity index is 287. The summed E-state index contributed by atoms with van der Waals surface area (Å²) in [5, 5.41) is 10.6. The Morgan fingerprint density at radius 2 is 1.80 bits per heavy atom. The van der Waals surface area contributed by atoms with Gasteiger partial charge in [-0.15, -0.1) is 0 Å². The lowest BCUT2D eigenvalue weighted by Gasteiger charge is -2.44. The minimum absolute atomic E-state index is 0.0233. The minimum atomic E-state index is -0.112. The van der Waals surface area contributed by atoms with E-state index in [4.69, 9.17) is 9.47 Å². The molecule has 2 saturated heterocycles. The summed E-state index contributed by atoms with van der Waals surface area (Å²) in [7, 11) is 0. The summed E-state index contributed by atoms with van der Waals surface area (Å²) in [5.74, 6) is 1.34. The number of aliphatic hydroxyl groups excluding tert-OH is 1. The van der Waals surface area contributed by atoms with Crippen LogP contribution >= 0.6 is 0 Å². The number of hydrogen-bond donors (Lipinski definition) is 1. The molecule has 3 aliphatic rings. The van der Waals surface area contributed by atoms with Gasteiger partial charge in [-0.1, -0.05) is 25.7 Å². The largest absolute Gasteiger partial charge is 0.393 e. The lowest BCUT2D eigenvalue weighted by Crippen LogP contribution is -2.46. The second kappa shape index (κ2) is 6.76. The maximum absolute atomic E-state index is 10.6. The van der Waals surface area contributed by atoms with Gasteiger partial charge in [0.1, 0.15) is 0 Å². The molecule has 0 aromatic heterocycles. The molecule has 1 N–H and O–H groups in total. The van der Waals surface area contributed by atoms with E-state index in [0.29, 0.717) is 5.92 Å². The van der Waals surface area contributed by atoms with E-state index in [0.717, 1.165) is 57.8 Å². The van der Waals surface area contributed by atoms with Crippen LogP contribution < -0.4 is 0 Å². The van der Waals surface area contributed by atoms with Crippen LogP contribution in [-0.2, 0) is 9.47 Å². The summed E-state index contributed by atoms with van der Waals surface area (Å²) in [4.78, 5) is 0. The zero-order valence-electron chi connectivity index (χ0n) is 12.7. The van der Waals surface area contributed by atoms with E-state index in [2.05, 4.69) is 0 Å². The molecule has 0 radical (unpaired) electrons. The molecular formula is C17H30O3. The van der Waals surface area contributed by atoms with Crippen LogP contribution in [0.15, 0.2) is 0 Å². The number of rotatable bonds is 4. The quantitative estimate of drug-likeness (QED) is 0.860. The van der Waals surface area contributed by atoms with Crippen molar-refractivity contribution in [1.29, 1.82) is 0 Å². The van der Waals surface area contributed by atoms with Crippen molar-refractivity contribution in [1.82, 2.24) is 0 Å². The molecule has 2 unspecified atom stereocenters. The summed E-state index contributed by atoms with van der Waals surface area (Å²) in [6, 6.07) is 0. The first-order chi connectivity index (χ1) is 9.77. The Morgan fingerprint density at radius 1 is 1.05 bits per heavy atom. The van der Waals surface area contributed by atoms with Gasteiger partial charge in [0.05, 0.1) is 11.7 Å². The Balaban J connectivity index is 1.47. The third-order valence-corrected chi connectivity index (χ3v) is 5.82. The first-order valence-corrected chi connectivity index (χ1v) is 8.67. The summed E-state index contributed by atoms with van der Waals surface area (Å²) in [6.07, 6.45) is 11.8. The highest BCUT2D eigenvalue weighted by Gasteiger charge is 2.40. The second-order valence-electron chi connectivity index (χ2n) is 7.19. The van der Waals surface area contributed by atoms with Crippen molar-refractivity contribution in [2.45, 2.75) is 75.9 Å². The fourth-order valence-corrected chi connectivity index (χ4v) is 4.43. The average molecular weight is 282 g/mol. The van der Waals surface area contributed by atoms with E-state index < -0.39 is 0 Å². The highest BCUT2D eigenvalue weighted by Crippen LogP contribution is 2.39. The predicted molar refractivity (Wildman–Crippen MR) is 78.7 cm³/mol. The van der Waals surface area contributed by atoms with Crippen molar-refractivity contribution >= 4 is 0 Å². The highest BCUT2D eigenvalue weighted by molar-refractivity contribution is 4.91. The molecule has 1 aliphatic carbocycles. The van der Waals surface area contributed by atoms with Crippen molar-refractivity contribution in [3.05, 3.63) is 0 Å². The van der Waals surface area contributed by atoms with E-state index in [9.17, 15) is 5.11 Å². The van der Waals surface area contributed by atoms with E-state index in [1.165, 1.54) is 32.1 Å². The molecule has 0 amide bonds. The zero-order valence-corrected chi connectivity index (χ0v) is 12.7. The molecule has 0 bridgehead atoms. The number of ether oxygens (including phenoxy) is 2. The Kier molecular flexibility index (Phi) is 5.00. The first kappa shape index (κ1) is 14.8. The molecule has 3 fully saturated rings. The maximum atomic E-state index is 10.6. The van der Waals surface area contributed by atoms with Crippen molar-refractivity contribution in [2.75, 3.05) is 19.8 Å². The van der Waals surface area contributed by atoms with Crippen LogP contribution in [0.5, 0.6) is 0 Å². The topological polar surface area (TPSA) is 38.7 Å². The molecule has 2 atom stereocenters. The lowest BCUT2D eigenvalue weighted by molar-refractivity contribution is -0.159. The zero-order chi connectivity index (χ0) is 13.8. The van der Waals surface area contributed by atoms with Crippen molar-refractivity contribution in [2.24, 2.45) is 11.8 Å². The van der Waals surface area contributed by atoms with Crippen LogP contribution in [0.3, 0.4) is 0 Å². The van der Waals surface area contributed by atoms with E-state index in [-0.39, 0.29) is 11.7 Å². The molecule has 2 heterocycles. The normalized spacial score (nSPS) is 32.5. The Morgan fingerprint density at radius 3 is 2.55 bits per heavy atom. The van der Waals surface area contributed by atoms with Crippen molar-refractivity contribution in [3.63, 3.8) is 0 Å². The standard InChI is InChI=1S/C17H30O3/c18-16(6-5-14-3-1-2-4-14)15-7-10-20-17(13-15)8-11-19-12-9-17/h14-16,18H,1-13H2. The number of hydrogen-bond acceptors (Lipinski definition) is 3. The first-order valence-electron chi connectivity index (χ1n) is 8.67. The van der Waals surface area contributed by atoms with E-state index in [1.807, 2.05) is 0 Å². The van der Waals surface area contributed by atoms with Crippen LogP contribution in [0.25, 0.3) is 0 Å². The molecule has 0 aromatic rings. The average Bonchev–Trinajstić information content (AvgIpc) is 2.99. The SMILES string of the molecule is OC(CCC1CCCC1)C1CCOC2(CCOCC2)C1. The fraction of sp³-hybridized carbons (Fsp3) is 1.00. The Labute approximate surface area is 123 Å². The van der Waals surface area contributed by atoms with E-state index in [1.54, 1.807) is 0 Å². The van der Waals surface area contributed by atoms with E-state index >= 15 is 0 Å². The second-order valence-corrected chi connectivity index (χ2v) is 7.19. The lowest BCUT2D eigenvalue weighted by atomic mass is 9.77. The molecule has 1 saturated carbocycles. The highest BCUT2D eigenvalue weighted by atomic mass is 16.5. The van der Waals surface area contributed by atoms with Gasteiger partial charge >= 0.3 is 0 Å². The van der Waals surface area contributed by atoms with Gasteiger partial charge in [0.2, 0.25) is 0 Å². The van der Waals surface area contributed by atoms with Gasteiger partial charge in [0.25, 0.3) is 0 Å². The van der Waals surface area contributed by atoms with Crippen LogP contribution in [0.1, 0.15) is 64.2 Å². The minimum Gasteiger partial charge on any atom is -0.393 e.